The first-order valence-electron chi connectivity index (χ1n) is 8.57. The van der Waals surface area contributed by atoms with Gasteiger partial charge in [0.25, 0.3) is 5.91 Å². The highest BCUT2D eigenvalue weighted by Gasteiger charge is 2.23. The van der Waals surface area contributed by atoms with Crippen molar-refractivity contribution < 1.29 is 19.1 Å². The van der Waals surface area contributed by atoms with Gasteiger partial charge in [0.15, 0.2) is 0 Å². The second-order valence-corrected chi connectivity index (χ2v) is 7.68. The number of carbonyl (C=O) groups is 2. The molecule has 0 aromatic heterocycles. The van der Waals surface area contributed by atoms with Gasteiger partial charge in [-0.1, -0.05) is 12.1 Å². The van der Waals surface area contributed by atoms with Crippen molar-refractivity contribution in [3.05, 3.63) is 52.5 Å². The maximum atomic E-state index is 12.9. The number of halogens is 1. The summed E-state index contributed by atoms with van der Waals surface area (Å²) in [6.07, 6.45) is 2.46. The Balaban J connectivity index is 2.17. The summed E-state index contributed by atoms with van der Waals surface area (Å²) >= 11 is 4.98. The minimum Gasteiger partial charge on any atom is -0.497 e. The molecule has 2 aromatic rings. The summed E-state index contributed by atoms with van der Waals surface area (Å²) in [7, 11) is 3.08. The molecule has 0 aliphatic carbocycles. The Morgan fingerprint density at radius 1 is 1.14 bits per heavy atom. The molecule has 0 aliphatic rings. The van der Waals surface area contributed by atoms with Gasteiger partial charge in [0.2, 0.25) is 5.91 Å². The Kier molecular flexibility index (Phi) is 8.66. The van der Waals surface area contributed by atoms with Gasteiger partial charge in [0.05, 0.1) is 25.5 Å². The molecular formula is C20H23BrN2O4S. The van der Waals surface area contributed by atoms with Crippen LogP contribution in [0.25, 0.3) is 0 Å². The number of hydrogen-bond acceptors (Lipinski definition) is 5. The van der Waals surface area contributed by atoms with Gasteiger partial charge in [-0.05, 0) is 58.6 Å². The summed E-state index contributed by atoms with van der Waals surface area (Å²) < 4.78 is 11.2. The monoisotopic (exact) mass is 466 g/mol. The van der Waals surface area contributed by atoms with Crippen LogP contribution >= 0.6 is 27.7 Å². The molecule has 1 atom stereocenters. The lowest BCUT2D eigenvalue weighted by molar-refractivity contribution is -0.118. The number of benzene rings is 2. The van der Waals surface area contributed by atoms with E-state index < -0.39 is 6.04 Å². The zero-order valence-corrected chi connectivity index (χ0v) is 18.4. The fraction of sp³-hybridized carbons (Fsp3) is 0.300. The molecule has 0 saturated heterocycles. The van der Waals surface area contributed by atoms with E-state index in [-0.39, 0.29) is 11.8 Å². The molecule has 6 nitrogen and oxygen atoms in total. The van der Waals surface area contributed by atoms with E-state index >= 15 is 0 Å². The number of hydrogen-bond donors (Lipinski definition) is 2. The van der Waals surface area contributed by atoms with E-state index in [1.54, 1.807) is 55.3 Å². The summed E-state index contributed by atoms with van der Waals surface area (Å²) in [6, 6.07) is 11.5. The van der Waals surface area contributed by atoms with E-state index in [1.165, 1.54) is 7.11 Å². The van der Waals surface area contributed by atoms with E-state index in [4.69, 9.17) is 9.47 Å². The van der Waals surface area contributed by atoms with Crippen LogP contribution in [0.4, 0.5) is 5.69 Å². The highest BCUT2D eigenvalue weighted by atomic mass is 79.9. The Bertz CT molecular complexity index is 832. The zero-order chi connectivity index (χ0) is 20.5. The molecule has 0 spiro atoms. The number of methoxy groups -OCH3 is 2. The van der Waals surface area contributed by atoms with Gasteiger partial charge in [-0.25, -0.2) is 0 Å². The maximum Gasteiger partial charge on any atom is 0.253 e. The number of anilines is 1. The molecule has 150 valence electrons. The van der Waals surface area contributed by atoms with Crippen molar-refractivity contribution in [3.63, 3.8) is 0 Å². The summed E-state index contributed by atoms with van der Waals surface area (Å²) in [5.74, 6) is 1.21. The quantitative estimate of drug-likeness (QED) is 0.584. The fourth-order valence-electron chi connectivity index (χ4n) is 2.51. The van der Waals surface area contributed by atoms with Crippen molar-refractivity contribution in [2.75, 3.05) is 31.5 Å². The van der Waals surface area contributed by atoms with Crippen molar-refractivity contribution >= 4 is 45.2 Å². The van der Waals surface area contributed by atoms with E-state index in [2.05, 4.69) is 26.6 Å². The van der Waals surface area contributed by atoms with E-state index in [9.17, 15) is 9.59 Å². The normalized spacial score (nSPS) is 11.4. The number of amides is 2. The molecule has 0 bridgehead atoms. The Labute approximate surface area is 177 Å². The van der Waals surface area contributed by atoms with Crippen molar-refractivity contribution in [2.45, 2.75) is 12.5 Å². The Morgan fingerprint density at radius 3 is 2.54 bits per heavy atom. The first kappa shape index (κ1) is 22.1. The zero-order valence-electron chi connectivity index (χ0n) is 16.0. The smallest absolute Gasteiger partial charge is 0.253 e. The standard InChI is InChI=1S/C20H23BrN2O4S/c1-26-13-8-9-16(18(12-13)27-2)22-20(25)17(10-11-28-3)23-19(24)14-6-4-5-7-15(14)21/h4-9,12,17H,10-11H2,1-3H3,(H,22,25)(H,23,24)/t17-/m1/s1. The number of ether oxygens (including phenoxy) is 2. The van der Waals surface area contributed by atoms with Crippen LogP contribution in [0, 0.1) is 0 Å². The van der Waals surface area contributed by atoms with Gasteiger partial charge in [0, 0.05) is 10.5 Å². The van der Waals surface area contributed by atoms with Gasteiger partial charge in [-0.2, -0.15) is 11.8 Å². The van der Waals surface area contributed by atoms with Crippen molar-refractivity contribution in [1.29, 1.82) is 0 Å². The molecule has 0 aliphatic heterocycles. The first-order valence-corrected chi connectivity index (χ1v) is 10.8. The maximum absolute atomic E-state index is 12.9. The lowest BCUT2D eigenvalue weighted by Gasteiger charge is -2.19. The molecule has 2 aromatic carbocycles. The third-order valence-corrected chi connectivity index (χ3v) is 5.35. The average Bonchev–Trinajstić information content (AvgIpc) is 2.71. The summed E-state index contributed by atoms with van der Waals surface area (Å²) in [5.41, 5.74) is 0.990. The molecule has 2 rings (SSSR count). The number of nitrogens with one attached hydrogen (secondary N) is 2. The average molecular weight is 467 g/mol. The molecule has 2 amide bonds. The van der Waals surface area contributed by atoms with Crippen LogP contribution < -0.4 is 20.1 Å². The predicted octanol–water partition coefficient (Wildman–Crippen LogP) is 3.96. The largest absolute Gasteiger partial charge is 0.497 e. The topological polar surface area (TPSA) is 76.7 Å². The van der Waals surface area contributed by atoms with Crippen LogP contribution in [0.5, 0.6) is 11.5 Å². The first-order chi connectivity index (χ1) is 13.5. The molecule has 28 heavy (non-hydrogen) atoms. The SMILES string of the molecule is COc1ccc(NC(=O)[C@@H](CCSC)NC(=O)c2ccccc2Br)c(OC)c1. The van der Waals surface area contributed by atoms with Gasteiger partial charge in [-0.15, -0.1) is 0 Å². The lowest BCUT2D eigenvalue weighted by Crippen LogP contribution is -2.44. The predicted molar refractivity (Wildman–Crippen MR) is 117 cm³/mol. The minimum atomic E-state index is -0.682. The van der Waals surface area contributed by atoms with E-state index in [0.29, 0.717) is 33.6 Å². The molecular weight excluding hydrogens is 444 g/mol. The van der Waals surface area contributed by atoms with Crippen LogP contribution in [-0.2, 0) is 4.79 Å². The number of thioether (sulfide) groups is 1. The highest BCUT2D eigenvalue weighted by molar-refractivity contribution is 9.10. The van der Waals surface area contributed by atoms with Crippen LogP contribution in [-0.4, -0.2) is 44.1 Å². The second kappa shape index (κ2) is 11.0. The van der Waals surface area contributed by atoms with E-state index in [1.807, 2.05) is 12.3 Å². The summed E-state index contributed by atoms with van der Waals surface area (Å²) in [6.45, 7) is 0. The van der Waals surface area contributed by atoms with Gasteiger partial charge in [-0.3, -0.25) is 9.59 Å². The molecule has 0 saturated carbocycles. The number of carbonyl (C=O) groups excluding carboxylic acids is 2. The van der Waals surface area contributed by atoms with Crippen molar-refractivity contribution in [1.82, 2.24) is 5.32 Å². The summed E-state index contributed by atoms with van der Waals surface area (Å²) in [4.78, 5) is 25.5. The molecule has 0 radical (unpaired) electrons. The van der Waals surface area contributed by atoms with Crippen LogP contribution in [0.15, 0.2) is 46.9 Å². The molecule has 0 heterocycles. The van der Waals surface area contributed by atoms with Crippen LogP contribution in [0.1, 0.15) is 16.8 Å². The lowest BCUT2D eigenvalue weighted by atomic mass is 10.1. The minimum absolute atomic E-state index is 0.307. The Morgan fingerprint density at radius 2 is 1.89 bits per heavy atom. The third kappa shape index (κ3) is 5.90. The molecule has 0 unspecified atom stereocenters. The molecule has 2 N–H and O–H groups in total. The van der Waals surface area contributed by atoms with Crippen LogP contribution in [0.3, 0.4) is 0 Å². The summed E-state index contributed by atoms with van der Waals surface area (Å²) in [5, 5.41) is 5.67. The van der Waals surface area contributed by atoms with Crippen LogP contribution in [0.2, 0.25) is 0 Å². The van der Waals surface area contributed by atoms with Crippen molar-refractivity contribution in [3.8, 4) is 11.5 Å². The second-order valence-electron chi connectivity index (χ2n) is 5.84. The number of rotatable bonds is 9. The third-order valence-electron chi connectivity index (χ3n) is 4.02. The van der Waals surface area contributed by atoms with Gasteiger partial charge >= 0.3 is 0 Å². The van der Waals surface area contributed by atoms with Crippen molar-refractivity contribution in [2.24, 2.45) is 0 Å². The van der Waals surface area contributed by atoms with Gasteiger partial charge < -0.3 is 20.1 Å². The molecule has 0 fully saturated rings. The van der Waals surface area contributed by atoms with Gasteiger partial charge in [0.1, 0.15) is 17.5 Å². The van der Waals surface area contributed by atoms with E-state index in [0.717, 1.165) is 5.75 Å². The highest BCUT2D eigenvalue weighted by Crippen LogP contribution is 2.29. The molecule has 8 heteroatoms. The fourth-order valence-corrected chi connectivity index (χ4v) is 3.44. The Hall–Kier alpha value is -2.19.